The molecule has 6 nitrogen and oxygen atoms in total. The SMILES string of the molecule is Cc1ccc(C(C)C)c(OCC(=O)NNC(=O)CCN2c3ccccc3Sc3ccccc32)c1. The van der Waals surface area contributed by atoms with Gasteiger partial charge in [-0.3, -0.25) is 20.4 Å². The van der Waals surface area contributed by atoms with E-state index in [0.717, 1.165) is 32.3 Å². The smallest absolute Gasteiger partial charge is 0.276 e. The number of nitrogens with one attached hydrogen (secondary N) is 2. The molecule has 0 atom stereocenters. The second-order valence-corrected chi connectivity index (χ2v) is 9.60. The van der Waals surface area contributed by atoms with E-state index < -0.39 is 5.91 Å². The molecule has 0 fully saturated rings. The van der Waals surface area contributed by atoms with E-state index in [0.29, 0.717) is 12.3 Å². The topological polar surface area (TPSA) is 70.7 Å². The molecule has 3 aromatic carbocycles. The van der Waals surface area contributed by atoms with Gasteiger partial charge in [-0.25, -0.2) is 0 Å². The Hall–Kier alpha value is -3.45. The Balaban J connectivity index is 1.30. The summed E-state index contributed by atoms with van der Waals surface area (Å²) < 4.78 is 5.73. The lowest BCUT2D eigenvalue weighted by atomic mass is 10.0. The molecule has 7 heteroatoms. The molecule has 3 aromatic rings. The van der Waals surface area contributed by atoms with Gasteiger partial charge in [0, 0.05) is 22.8 Å². The number of hydrazine groups is 1. The third-order valence-electron chi connectivity index (χ3n) is 5.59. The molecule has 0 spiro atoms. The summed E-state index contributed by atoms with van der Waals surface area (Å²) in [7, 11) is 0. The van der Waals surface area contributed by atoms with Crippen molar-refractivity contribution in [1.82, 2.24) is 10.9 Å². The number of hydrogen-bond acceptors (Lipinski definition) is 5. The van der Waals surface area contributed by atoms with Crippen molar-refractivity contribution in [3.8, 4) is 5.75 Å². The molecule has 0 aromatic heterocycles. The maximum absolute atomic E-state index is 12.5. The number of amides is 2. The highest BCUT2D eigenvalue weighted by Gasteiger charge is 2.23. The number of carbonyl (C=O) groups is 2. The van der Waals surface area contributed by atoms with Crippen molar-refractivity contribution in [2.75, 3.05) is 18.1 Å². The number of hydrogen-bond donors (Lipinski definition) is 2. The van der Waals surface area contributed by atoms with Crippen LogP contribution in [0.25, 0.3) is 0 Å². The number of rotatable bonds is 7. The number of anilines is 2. The molecule has 1 aliphatic rings. The minimum absolute atomic E-state index is 0.173. The first-order chi connectivity index (χ1) is 16.4. The monoisotopic (exact) mass is 475 g/mol. The van der Waals surface area contributed by atoms with E-state index in [4.69, 9.17) is 4.74 Å². The molecule has 0 saturated heterocycles. The van der Waals surface area contributed by atoms with Gasteiger partial charge >= 0.3 is 0 Å². The summed E-state index contributed by atoms with van der Waals surface area (Å²) in [5.41, 5.74) is 9.23. The summed E-state index contributed by atoms with van der Waals surface area (Å²) in [6, 6.07) is 22.3. The van der Waals surface area contributed by atoms with Gasteiger partial charge in [0.2, 0.25) is 5.91 Å². The van der Waals surface area contributed by atoms with Gasteiger partial charge in [0.15, 0.2) is 6.61 Å². The van der Waals surface area contributed by atoms with E-state index in [1.165, 1.54) is 0 Å². The maximum Gasteiger partial charge on any atom is 0.276 e. The summed E-state index contributed by atoms with van der Waals surface area (Å²) in [5, 5.41) is 0. The van der Waals surface area contributed by atoms with E-state index in [-0.39, 0.29) is 24.9 Å². The second kappa shape index (κ2) is 10.7. The standard InChI is InChI=1S/C27H29N3O3S/c1-18(2)20-13-12-19(3)16-23(20)33-17-27(32)29-28-26(31)14-15-30-21-8-4-6-10-24(21)34-25-11-7-5-9-22(25)30/h4-13,16,18H,14-15,17H2,1-3H3,(H,28,31)(H,29,32). The molecule has 34 heavy (non-hydrogen) atoms. The Bertz CT molecular complexity index is 1150. The van der Waals surface area contributed by atoms with Crippen LogP contribution in [0.1, 0.15) is 37.3 Å². The molecule has 2 amide bonds. The van der Waals surface area contributed by atoms with Gasteiger partial charge in [0.05, 0.1) is 11.4 Å². The number of carbonyl (C=O) groups excluding carboxylic acids is 2. The predicted octanol–water partition coefficient (Wildman–Crippen LogP) is 5.34. The van der Waals surface area contributed by atoms with Crippen molar-refractivity contribution in [1.29, 1.82) is 0 Å². The zero-order valence-corrected chi connectivity index (χ0v) is 20.4. The van der Waals surface area contributed by atoms with Crippen LogP contribution in [0.3, 0.4) is 0 Å². The lowest BCUT2D eigenvalue weighted by molar-refractivity contribution is -0.129. The molecule has 2 N–H and O–H groups in total. The largest absolute Gasteiger partial charge is 0.483 e. The third kappa shape index (κ3) is 5.54. The molecule has 0 saturated carbocycles. The first-order valence-corrected chi connectivity index (χ1v) is 12.2. The lowest BCUT2D eigenvalue weighted by Gasteiger charge is -2.32. The number of ether oxygens (including phenoxy) is 1. The summed E-state index contributed by atoms with van der Waals surface area (Å²) in [4.78, 5) is 29.2. The summed E-state index contributed by atoms with van der Waals surface area (Å²) in [5.74, 6) is 0.299. The van der Waals surface area contributed by atoms with E-state index in [2.05, 4.69) is 53.9 Å². The Morgan fingerprint density at radius 2 is 1.53 bits per heavy atom. The van der Waals surface area contributed by atoms with Gasteiger partial charge in [-0.05, 0) is 54.3 Å². The van der Waals surface area contributed by atoms with Crippen LogP contribution in [-0.2, 0) is 9.59 Å². The molecule has 1 aliphatic heterocycles. The Kier molecular flexibility index (Phi) is 7.43. The van der Waals surface area contributed by atoms with Crippen LogP contribution in [0, 0.1) is 6.92 Å². The summed E-state index contributed by atoms with van der Waals surface area (Å²) >= 11 is 1.73. The average molecular weight is 476 g/mol. The fraction of sp³-hybridized carbons (Fsp3) is 0.259. The van der Waals surface area contributed by atoms with E-state index in [1.54, 1.807) is 11.8 Å². The van der Waals surface area contributed by atoms with Gasteiger partial charge in [-0.15, -0.1) is 0 Å². The van der Waals surface area contributed by atoms with Crippen LogP contribution in [-0.4, -0.2) is 25.0 Å². The van der Waals surface area contributed by atoms with Gasteiger partial charge in [0.25, 0.3) is 5.91 Å². The van der Waals surface area contributed by atoms with Crippen molar-refractivity contribution in [3.63, 3.8) is 0 Å². The number of nitrogens with zero attached hydrogens (tertiary/aromatic N) is 1. The highest BCUT2D eigenvalue weighted by molar-refractivity contribution is 7.99. The number of para-hydroxylation sites is 2. The highest BCUT2D eigenvalue weighted by Crippen LogP contribution is 2.47. The number of aryl methyl sites for hydroxylation is 1. The molecule has 1 heterocycles. The first kappa shape index (κ1) is 23.7. The van der Waals surface area contributed by atoms with Crippen molar-refractivity contribution in [3.05, 3.63) is 77.9 Å². The third-order valence-corrected chi connectivity index (χ3v) is 6.72. The fourth-order valence-corrected chi connectivity index (χ4v) is 4.96. The van der Waals surface area contributed by atoms with Crippen LogP contribution < -0.4 is 20.5 Å². The summed E-state index contributed by atoms with van der Waals surface area (Å²) in [6.45, 7) is 6.46. The molecule has 0 unspecified atom stereocenters. The summed E-state index contributed by atoms with van der Waals surface area (Å²) in [6.07, 6.45) is 0.226. The van der Waals surface area contributed by atoms with Crippen molar-refractivity contribution < 1.29 is 14.3 Å². The van der Waals surface area contributed by atoms with Crippen LogP contribution in [0.4, 0.5) is 11.4 Å². The van der Waals surface area contributed by atoms with E-state index in [1.807, 2.05) is 49.4 Å². The van der Waals surface area contributed by atoms with Gasteiger partial charge in [-0.2, -0.15) is 0 Å². The van der Waals surface area contributed by atoms with Gasteiger partial charge in [0.1, 0.15) is 5.75 Å². The van der Waals surface area contributed by atoms with Crippen LogP contribution in [0.2, 0.25) is 0 Å². The Labute approximate surface area is 204 Å². The first-order valence-electron chi connectivity index (χ1n) is 11.4. The Morgan fingerprint density at radius 1 is 0.912 bits per heavy atom. The minimum Gasteiger partial charge on any atom is -0.483 e. The zero-order chi connectivity index (χ0) is 24.1. The zero-order valence-electron chi connectivity index (χ0n) is 19.6. The molecule has 4 rings (SSSR count). The lowest BCUT2D eigenvalue weighted by Crippen LogP contribution is -2.44. The maximum atomic E-state index is 12.5. The molecule has 0 bridgehead atoms. The second-order valence-electron chi connectivity index (χ2n) is 8.52. The Morgan fingerprint density at radius 3 is 2.18 bits per heavy atom. The van der Waals surface area contributed by atoms with Crippen molar-refractivity contribution in [2.45, 2.75) is 42.9 Å². The van der Waals surface area contributed by atoms with Gasteiger partial charge < -0.3 is 9.64 Å². The van der Waals surface area contributed by atoms with E-state index in [9.17, 15) is 9.59 Å². The molecule has 176 valence electrons. The quantitative estimate of drug-likeness (QED) is 0.452. The molecular weight excluding hydrogens is 446 g/mol. The van der Waals surface area contributed by atoms with Crippen molar-refractivity contribution in [2.24, 2.45) is 0 Å². The number of benzene rings is 3. The van der Waals surface area contributed by atoms with Crippen LogP contribution in [0.15, 0.2) is 76.5 Å². The van der Waals surface area contributed by atoms with Crippen LogP contribution in [0.5, 0.6) is 5.75 Å². The fourth-order valence-electron chi connectivity index (χ4n) is 3.86. The molecular formula is C27H29N3O3S. The highest BCUT2D eigenvalue weighted by atomic mass is 32.2. The molecule has 0 radical (unpaired) electrons. The average Bonchev–Trinajstić information content (AvgIpc) is 2.83. The predicted molar refractivity (Wildman–Crippen MR) is 136 cm³/mol. The van der Waals surface area contributed by atoms with Crippen LogP contribution >= 0.6 is 11.8 Å². The van der Waals surface area contributed by atoms with E-state index >= 15 is 0 Å². The van der Waals surface area contributed by atoms with Gasteiger partial charge in [-0.1, -0.05) is 62.0 Å². The normalized spacial score (nSPS) is 12.1. The van der Waals surface area contributed by atoms with Crippen molar-refractivity contribution >= 4 is 35.0 Å². The minimum atomic E-state index is -0.408. The molecule has 0 aliphatic carbocycles. The number of fused-ring (bicyclic) bond motifs is 2.